The Hall–Kier alpha value is -4.00. The highest BCUT2D eigenvalue weighted by molar-refractivity contribution is 5.94. The first-order chi connectivity index (χ1) is 15.7. The van der Waals surface area contributed by atoms with Crippen molar-refractivity contribution in [3.63, 3.8) is 0 Å². The van der Waals surface area contributed by atoms with Crippen molar-refractivity contribution in [3.8, 4) is 22.8 Å². The molecule has 0 saturated heterocycles. The van der Waals surface area contributed by atoms with Gasteiger partial charge in [-0.25, -0.2) is 4.68 Å². The van der Waals surface area contributed by atoms with Gasteiger partial charge in [0.15, 0.2) is 5.69 Å². The van der Waals surface area contributed by atoms with Crippen molar-refractivity contribution < 1.29 is 9.53 Å². The third-order valence-electron chi connectivity index (χ3n) is 5.12. The molecule has 7 heteroatoms. The van der Waals surface area contributed by atoms with E-state index in [0.29, 0.717) is 24.5 Å². The van der Waals surface area contributed by atoms with Crippen LogP contribution in [0.3, 0.4) is 0 Å². The monoisotopic (exact) mass is 427 g/mol. The molecule has 4 aromatic rings. The number of carbonyl (C=O) groups excluding carboxylic acids is 1. The Balaban J connectivity index is 1.71. The minimum atomic E-state index is -0.553. The highest BCUT2D eigenvalue weighted by Crippen LogP contribution is 2.30. The Kier molecular flexibility index (Phi) is 6.55. The van der Waals surface area contributed by atoms with Crippen LogP contribution in [0, 0.1) is 0 Å². The Labute approximate surface area is 186 Å². The normalized spacial score (nSPS) is 10.8. The predicted octanol–water partition coefficient (Wildman–Crippen LogP) is 4.35. The SMILES string of the molecule is CCCCc1c(C(N)=O)nn(-c2cccnc2)c1-c1ccc(OCc2ccccc2)cn1. The van der Waals surface area contributed by atoms with E-state index in [0.717, 1.165) is 35.3 Å². The number of hydrogen-bond acceptors (Lipinski definition) is 5. The lowest BCUT2D eigenvalue weighted by Gasteiger charge is -2.11. The molecule has 162 valence electrons. The highest BCUT2D eigenvalue weighted by Gasteiger charge is 2.24. The molecule has 0 spiro atoms. The third kappa shape index (κ3) is 4.67. The van der Waals surface area contributed by atoms with E-state index >= 15 is 0 Å². The molecule has 0 aliphatic carbocycles. The van der Waals surface area contributed by atoms with Crippen LogP contribution in [0.5, 0.6) is 5.75 Å². The van der Waals surface area contributed by atoms with Crippen molar-refractivity contribution in [3.05, 3.63) is 90.0 Å². The van der Waals surface area contributed by atoms with Gasteiger partial charge in [-0.05, 0) is 42.7 Å². The fourth-order valence-electron chi connectivity index (χ4n) is 3.51. The summed E-state index contributed by atoms with van der Waals surface area (Å²) in [5.41, 5.74) is 9.99. The summed E-state index contributed by atoms with van der Waals surface area (Å²) in [7, 11) is 0. The molecule has 1 aromatic carbocycles. The van der Waals surface area contributed by atoms with Crippen molar-refractivity contribution in [2.45, 2.75) is 32.8 Å². The average Bonchev–Trinajstić information content (AvgIpc) is 3.23. The first kappa shape index (κ1) is 21.2. The summed E-state index contributed by atoms with van der Waals surface area (Å²) in [6, 6.07) is 17.4. The molecular weight excluding hydrogens is 402 g/mol. The lowest BCUT2D eigenvalue weighted by Crippen LogP contribution is -2.14. The summed E-state index contributed by atoms with van der Waals surface area (Å²) in [5, 5.41) is 4.54. The van der Waals surface area contributed by atoms with Gasteiger partial charge in [-0.2, -0.15) is 5.10 Å². The zero-order valence-corrected chi connectivity index (χ0v) is 17.9. The number of primary amides is 1. The molecule has 0 unspecified atom stereocenters. The highest BCUT2D eigenvalue weighted by atomic mass is 16.5. The molecule has 7 nitrogen and oxygen atoms in total. The zero-order chi connectivity index (χ0) is 22.3. The standard InChI is InChI=1S/C25H25N5O2/c1-2-3-11-21-23(25(26)31)29-30(19-10-7-14-27-15-19)24(21)22-13-12-20(16-28-22)32-17-18-8-5-4-6-9-18/h4-10,12-16H,2-3,11,17H2,1H3,(H2,26,31). The van der Waals surface area contributed by atoms with Crippen LogP contribution >= 0.6 is 0 Å². The number of nitrogens with two attached hydrogens (primary N) is 1. The zero-order valence-electron chi connectivity index (χ0n) is 17.9. The molecule has 1 amide bonds. The molecular formula is C25H25N5O2. The lowest BCUT2D eigenvalue weighted by molar-refractivity contribution is 0.0994. The number of hydrogen-bond donors (Lipinski definition) is 1. The van der Waals surface area contributed by atoms with Crippen LogP contribution in [0.4, 0.5) is 0 Å². The summed E-state index contributed by atoms with van der Waals surface area (Å²) in [6.45, 7) is 2.56. The fraction of sp³-hybridized carbons (Fsp3) is 0.200. The van der Waals surface area contributed by atoms with Gasteiger partial charge in [-0.15, -0.1) is 0 Å². The molecule has 0 aliphatic heterocycles. The Morgan fingerprint density at radius 3 is 2.56 bits per heavy atom. The molecule has 0 bridgehead atoms. The summed E-state index contributed by atoms with van der Waals surface area (Å²) in [5.74, 6) is 0.109. The van der Waals surface area contributed by atoms with Gasteiger partial charge >= 0.3 is 0 Å². The van der Waals surface area contributed by atoms with Crippen molar-refractivity contribution in [2.24, 2.45) is 5.73 Å². The van der Waals surface area contributed by atoms with E-state index in [1.165, 1.54) is 0 Å². The van der Waals surface area contributed by atoms with Gasteiger partial charge in [-0.1, -0.05) is 43.7 Å². The van der Waals surface area contributed by atoms with Crippen molar-refractivity contribution in [2.75, 3.05) is 0 Å². The molecule has 0 radical (unpaired) electrons. The van der Waals surface area contributed by atoms with Crippen molar-refractivity contribution in [1.82, 2.24) is 19.7 Å². The molecule has 3 heterocycles. The quantitative estimate of drug-likeness (QED) is 0.428. The first-order valence-electron chi connectivity index (χ1n) is 10.6. The smallest absolute Gasteiger partial charge is 0.269 e. The summed E-state index contributed by atoms with van der Waals surface area (Å²) >= 11 is 0. The van der Waals surface area contributed by atoms with Gasteiger partial charge in [0, 0.05) is 11.8 Å². The van der Waals surface area contributed by atoms with Crippen LogP contribution in [-0.2, 0) is 13.0 Å². The minimum Gasteiger partial charge on any atom is -0.487 e. The van der Waals surface area contributed by atoms with E-state index in [-0.39, 0.29) is 5.69 Å². The average molecular weight is 428 g/mol. The molecule has 2 N–H and O–H groups in total. The van der Waals surface area contributed by atoms with Crippen LogP contribution in [0.1, 0.15) is 41.4 Å². The summed E-state index contributed by atoms with van der Waals surface area (Å²) < 4.78 is 7.57. The molecule has 0 fully saturated rings. The summed E-state index contributed by atoms with van der Waals surface area (Å²) in [6.07, 6.45) is 7.64. The molecule has 0 aliphatic rings. The molecule has 4 rings (SSSR count). The second kappa shape index (κ2) is 9.87. The number of benzene rings is 1. The summed E-state index contributed by atoms with van der Waals surface area (Å²) in [4.78, 5) is 21.0. The van der Waals surface area contributed by atoms with Gasteiger partial charge in [0.2, 0.25) is 0 Å². The van der Waals surface area contributed by atoms with Gasteiger partial charge in [0.1, 0.15) is 12.4 Å². The van der Waals surface area contributed by atoms with Gasteiger partial charge in [0.25, 0.3) is 5.91 Å². The molecule has 0 atom stereocenters. The fourth-order valence-corrected chi connectivity index (χ4v) is 3.51. The molecule has 32 heavy (non-hydrogen) atoms. The van der Waals surface area contributed by atoms with E-state index in [2.05, 4.69) is 22.0 Å². The molecule has 0 saturated carbocycles. The number of nitrogens with zero attached hydrogens (tertiary/aromatic N) is 4. The number of carbonyl (C=O) groups is 1. The van der Waals surface area contributed by atoms with Crippen LogP contribution in [0.25, 0.3) is 17.1 Å². The van der Waals surface area contributed by atoms with E-state index in [1.54, 1.807) is 23.3 Å². The minimum absolute atomic E-state index is 0.267. The predicted molar refractivity (Wildman–Crippen MR) is 122 cm³/mol. The second-order valence-electron chi connectivity index (χ2n) is 7.42. The third-order valence-corrected chi connectivity index (χ3v) is 5.12. The van der Waals surface area contributed by atoms with Crippen molar-refractivity contribution >= 4 is 5.91 Å². The van der Waals surface area contributed by atoms with E-state index in [9.17, 15) is 4.79 Å². The van der Waals surface area contributed by atoms with Crippen LogP contribution in [0.2, 0.25) is 0 Å². The van der Waals surface area contributed by atoms with E-state index < -0.39 is 5.91 Å². The van der Waals surface area contributed by atoms with E-state index in [4.69, 9.17) is 10.5 Å². The van der Waals surface area contributed by atoms with Crippen LogP contribution in [-0.4, -0.2) is 25.7 Å². The number of rotatable bonds is 9. The number of aromatic nitrogens is 4. The molecule has 3 aromatic heterocycles. The van der Waals surface area contributed by atoms with Gasteiger partial charge in [-0.3, -0.25) is 14.8 Å². The number of pyridine rings is 2. The van der Waals surface area contributed by atoms with Crippen molar-refractivity contribution in [1.29, 1.82) is 0 Å². The topological polar surface area (TPSA) is 95.9 Å². The first-order valence-corrected chi connectivity index (χ1v) is 10.6. The van der Waals surface area contributed by atoms with E-state index in [1.807, 2.05) is 54.6 Å². The van der Waals surface area contributed by atoms with Gasteiger partial charge in [0.05, 0.1) is 29.5 Å². The van der Waals surface area contributed by atoms with Gasteiger partial charge < -0.3 is 10.5 Å². The Morgan fingerprint density at radius 2 is 1.91 bits per heavy atom. The Morgan fingerprint density at radius 1 is 1.06 bits per heavy atom. The maximum absolute atomic E-state index is 12.2. The van der Waals surface area contributed by atoms with Crippen LogP contribution < -0.4 is 10.5 Å². The number of unbranched alkanes of at least 4 members (excludes halogenated alkanes) is 1. The lowest BCUT2D eigenvalue weighted by atomic mass is 10.0. The second-order valence-corrected chi connectivity index (χ2v) is 7.42. The number of ether oxygens (including phenoxy) is 1. The Bertz CT molecular complexity index is 1170. The number of amides is 1. The van der Waals surface area contributed by atoms with Crippen LogP contribution in [0.15, 0.2) is 73.2 Å². The maximum atomic E-state index is 12.2. The maximum Gasteiger partial charge on any atom is 0.269 e. The largest absolute Gasteiger partial charge is 0.487 e.